The Hall–Kier alpha value is -0.610. The number of hydrogen-bond donors (Lipinski definition) is 2. The number of likely N-dealkylation sites (tertiary alicyclic amines) is 1. The van der Waals surface area contributed by atoms with Gasteiger partial charge in [-0.3, -0.25) is 4.79 Å². The molecule has 0 aromatic carbocycles. The van der Waals surface area contributed by atoms with E-state index in [1.165, 1.54) is 25.8 Å². The van der Waals surface area contributed by atoms with Crippen LogP contribution in [0.1, 0.15) is 44.9 Å². The lowest BCUT2D eigenvalue weighted by molar-refractivity contribution is -0.133. The summed E-state index contributed by atoms with van der Waals surface area (Å²) in [6.45, 7) is 4.26. The molecule has 2 heterocycles. The Morgan fingerprint density at radius 3 is 2.42 bits per heavy atom. The third-order valence-corrected chi connectivity index (χ3v) is 4.78. The van der Waals surface area contributed by atoms with Gasteiger partial charge in [-0.25, -0.2) is 0 Å². The fraction of sp³-hybridized carbons (Fsp3) is 0.933. The minimum atomic E-state index is 0.387. The van der Waals surface area contributed by atoms with Gasteiger partial charge >= 0.3 is 0 Å². The Labute approximate surface area is 116 Å². The number of piperidine rings is 1. The zero-order chi connectivity index (χ0) is 13.1. The number of carbonyl (C=O) groups is 1. The number of nitrogens with zero attached hydrogens (tertiary/aromatic N) is 1. The van der Waals surface area contributed by atoms with E-state index in [-0.39, 0.29) is 0 Å². The Bertz CT molecular complexity index is 301. The van der Waals surface area contributed by atoms with E-state index in [4.69, 9.17) is 0 Å². The van der Waals surface area contributed by atoms with Gasteiger partial charge in [-0.2, -0.15) is 0 Å². The molecule has 1 saturated carbocycles. The van der Waals surface area contributed by atoms with Crippen molar-refractivity contribution in [1.29, 1.82) is 0 Å². The van der Waals surface area contributed by atoms with Crippen LogP contribution < -0.4 is 10.6 Å². The smallest absolute Gasteiger partial charge is 0.225 e. The Morgan fingerprint density at radius 2 is 1.68 bits per heavy atom. The summed E-state index contributed by atoms with van der Waals surface area (Å²) in [5.74, 6) is 0.814. The molecular weight excluding hydrogens is 238 g/mol. The number of hydrogen-bond acceptors (Lipinski definition) is 3. The quantitative estimate of drug-likeness (QED) is 0.804. The molecule has 0 bridgehead atoms. The SMILES string of the molecule is O=C(C1CC1)N1CCC(NC2CCCNCC2)CC1. The van der Waals surface area contributed by atoms with Gasteiger partial charge in [-0.1, -0.05) is 0 Å². The van der Waals surface area contributed by atoms with Crippen LogP contribution >= 0.6 is 0 Å². The van der Waals surface area contributed by atoms with Gasteiger partial charge in [-0.05, 0) is 58.0 Å². The lowest BCUT2D eigenvalue weighted by Gasteiger charge is -2.34. The first-order chi connectivity index (χ1) is 9.33. The van der Waals surface area contributed by atoms with Crippen LogP contribution in [0.4, 0.5) is 0 Å². The molecule has 0 spiro atoms. The largest absolute Gasteiger partial charge is 0.342 e. The van der Waals surface area contributed by atoms with E-state index in [9.17, 15) is 4.79 Å². The lowest BCUT2D eigenvalue weighted by atomic mass is 10.0. The van der Waals surface area contributed by atoms with Crippen LogP contribution in [0.25, 0.3) is 0 Å². The number of nitrogens with one attached hydrogen (secondary N) is 2. The molecule has 3 aliphatic rings. The predicted octanol–water partition coefficient (Wildman–Crippen LogP) is 1.12. The van der Waals surface area contributed by atoms with Crippen molar-refractivity contribution in [1.82, 2.24) is 15.5 Å². The van der Waals surface area contributed by atoms with Crippen molar-refractivity contribution in [3.05, 3.63) is 0 Å². The fourth-order valence-corrected chi connectivity index (χ4v) is 3.37. The average Bonchev–Trinajstić information content (AvgIpc) is 3.27. The van der Waals surface area contributed by atoms with E-state index in [1.807, 2.05) is 0 Å². The van der Waals surface area contributed by atoms with E-state index in [0.717, 1.165) is 45.3 Å². The van der Waals surface area contributed by atoms with Crippen LogP contribution in [-0.4, -0.2) is 49.1 Å². The zero-order valence-corrected chi connectivity index (χ0v) is 11.9. The minimum Gasteiger partial charge on any atom is -0.342 e. The second-order valence-corrected chi connectivity index (χ2v) is 6.42. The second-order valence-electron chi connectivity index (χ2n) is 6.42. The lowest BCUT2D eigenvalue weighted by Crippen LogP contribution is -2.48. The summed E-state index contributed by atoms with van der Waals surface area (Å²) in [4.78, 5) is 14.1. The zero-order valence-electron chi connectivity index (χ0n) is 11.9. The molecule has 2 saturated heterocycles. The van der Waals surface area contributed by atoms with Gasteiger partial charge in [0.25, 0.3) is 0 Å². The third-order valence-electron chi connectivity index (χ3n) is 4.78. The Morgan fingerprint density at radius 1 is 0.947 bits per heavy atom. The van der Waals surface area contributed by atoms with Crippen LogP contribution in [0.2, 0.25) is 0 Å². The van der Waals surface area contributed by atoms with Gasteiger partial charge in [0.1, 0.15) is 0 Å². The summed E-state index contributed by atoms with van der Waals surface area (Å²) in [5, 5.41) is 7.29. The minimum absolute atomic E-state index is 0.387. The standard InChI is InChI=1S/C15H27N3O/c19-15(12-3-4-12)18-10-6-14(7-11-18)17-13-2-1-8-16-9-5-13/h12-14,16-17H,1-11H2. The van der Waals surface area contributed by atoms with Crippen LogP contribution in [0.5, 0.6) is 0 Å². The van der Waals surface area contributed by atoms with Crippen molar-refractivity contribution in [3.8, 4) is 0 Å². The predicted molar refractivity (Wildman–Crippen MR) is 76.0 cm³/mol. The monoisotopic (exact) mass is 265 g/mol. The van der Waals surface area contributed by atoms with Crippen molar-refractivity contribution >= 4 is 5.91 Å². The molecule has 4 heteroatoms. The van der Waals surface area contributed by atoms with E-state index < -0.39 is 0 Å². The molecule has 1 amide bonds. The van der Waals surface area contributed by atoms with E-state index in [0.29, 0.717) is 23.9 Å². The molecule has 0 aromatic heterocycles. The highest BCUT2D eigenvalue weighted by molar-refractivity contribution is 5.81. The molecule has 1 unspecified atom stereocenters. The molecule has 1 aliphatic carbocycles. The molecule has 2 N–H and O–H groups in total. The normalized spacial score (nSPS) is 30.1. The topological polar surface area (TPSA) is 44.4 Å². The molecule has 4 nitrogen and oxygen atoms in total. The van der Waals surface area contributed by atoms with Crippen LogP contribution in [0, 0.1) is 5.92 Å². The Balaban J connectivity index is 1.40. The van der Waals surface area contributed by atoms with Crippen molar-refractivity contribution in [2.24, 2.45) is 5.92 Å². The van der Waals surface area contributed by atoms with Gasteiger partial charge in [0.2, 0.25) is 5.91 Å². The molecule has 1 atom stereocenters. The number of rotatable bonds is 3. The molecule has 0 radical (unpaired) electrons. The van der Waals surface area contributed by atoms with Gasteiger partial charge in [-0.15, -0.1) is 0 Å². The second kappa shape index (κ2) is 6.23. The average molecular weight is 265 g/mol. The molecular formula is C15H27N3O. The summed E-state index contributed by atoms with van der Waals surface area (Å²) in [6, 6.07) is 1.32. The summed E-state index contributed by atoms with van der Waals surface area (Å²) in [5.41, 5.74) is 0. The molecule has 108 valence electrons. The summed E-state index contributed by atoms with van der Waals surface area (Å²) >= 11 is 0. The number of amides is 1. The van der Waals surface area contributed by atoms with Crippen molar-refractivity contribution in [2.75, 3.05) is 26.2 Å². The van der Waals surface area contributed by atoms with Gasteiger partial charge < -0.3 is 15.5 Å². The van der Waals surface area contributed by atoms with Crippen molar-refractivity contribution < 1.29 is 4.79 Å². The van der Waals surface area contributed by atoms with Gasteiger partial charge in [0.15, 0.2) is 0 Å². The maximum absolute atomic E-state index is 12.0. The molecule has 3 rings (SSSR count). The summed E-state index contributed by atoms with van der Waals surface area (Å²) in [6.07, 6.45) is 8.38. The maximum atomic E-state index is 12.0. The van der Waals surface area contributed by atoms with Crippen molar-refractivity contribution in [2.45, 2.75) is 57.0 Å². The third kappa shape index (κ3) is 3.69. The molecule has 0 aromatic rings. The van der Waals surface area contributed by atoms with Crippen LogP contribution in [0.15, 0.2) is 0 Å². The summed E-state index contributed by atoms with van der Waals surface area (Å²) in [7, 11) is 0. The van der Waals surface area contributed by atoms with E-state index >= 15 is 0 Å². The first-order valence-electron chi connectivity index (χ1n) is 8.08. The highest BCUT2D eigenvalue weighted by atomic mass is 16.2. The van der Waals surface area contributed by atoms with Crippen LogP contribution in [-0.2, 0) is 4.79 Å². The molecule has 2 aliphatic heterocycles. The molecule has 19 heavy (non-hydrogen) atoms. The summed E-state index contributed by atoms with van der Waals surface area (Å²) < 4.78 is 0. The van der Waals surface area contributed by atoms with E-state index in [1.54, 1.807) is 0 Å². The molecule has 3 fully saturated rings. The fourth-order valence-electron chi connectivity index (χ4n) is 3.37. The first kappa shape index (κ1) is 13.4. The Kier molecular flexibility index (Phi) is 4.38. The maximum Gasteiger partial charge on any atom is 0.225 e. The van der Waals surface area contributed by atoms with Crippen molar-refractivity contribution in [3.63, 3.8) is 0 Å². The van der Waals surface area contributed by atoms with E-state index in [2.05, 4.69) is 15.5 Å². The van der Waals surface area contributed by atoms with Crippen LogP contribution in [0.3, 0.4) is 0 Å². The van der Waals surface area contributed by atoms with Gasteiger partial charge in [0.05, 0.1) is 0 Å². The highest BCUT2D eigenvalue weighted by Crippen LogP contribution is 2.31. The number of carbonyl (C=O) groups excluding carboxylic acids is 1. The highest BCUT2D eigenvalue weighted by Gasteiger charge is 2.35. The first-order valence-corrected chi connectivity index (χ1v) is 8.08. The van der Waals surface area contributed by atoms with Gasteiger partial charge in [0, 0.05) is 31.1 Å².